The minimum absolute atomic E-state index is 0.00393. The van der Waals surface area contributed by atoms with Gasteiger partial charge in [0, 0.05) is 0 Å². The first-order valence-corrected chi connectivity index (χ1v) is 5.59. The Morgan fingerprint density at radius 3 is 2.76 bits per heavy atom. The smallest absolute Gasteiger partial charge is 0.289 e. The van der Waals surface area contributed by atoms with Crippen LogP contribution in [-0.4, -0.2) is 14.5 Å². The van der Waals surface area contributed by atoms with Crippen molar-refractivity contribution in [1.29, 1.82) is 5.26 Å². The fraction of sp³-hybridized carbons (Fsp3) is 0.0833. The van der Waals surface area contributed by atoms with Crippen LogP contribution in [0.5, 0.6) is 0 Å². The first-order chi connectivity index (χ1) is 9.92. The van der Waals surface area contributed by atoms with Crippen molar-refractivity contribution in [1.82, 2.24) is 9.55 Å². The van der Waals surface area contributed by atoms with Crippen LogP contribution in [0.4, 0.5) is 10.1 Å². The highest BCUT2D eigenvalue weighted by molar-refractivity contribution is 5.38. The van der Waals surface area contributed by atoms with E-state index in [0.717, 1.165) is 22.9 Å². The molecule has 0 spiro atoms. The number of nitrogens with one attached hydrogen (secondary N) is 1. The van der Waals surface area contributed by atoms with E-state index >= 15 is 0 Å². The molecule has 2 aromatic rings. The van der Waals surface area contributed by atoms with E-state index in [9.17, 15) is 24.1 Å². The molecule has 2 rings (SSSR count). The molecular formula is C12H7FN4O4. The molecule has 0 fully saturated rings. The molecule has 0 atom stereocenters. The minimum atomic E-state index is -1.11. The van der Waals surface area contributed by atoms with Gasteiger partial charge in [0.05, 0.1) is 29.3 Å². The third kappa shape index (κ3) is 2.84. The number of rotatable bonds is 3. The Morgan fingerprint density at radius 1 is 1.43 bits per heavy atom. The minimum Gasteiger partial charge on any atom is -0.289 e. The van der Waals surface area contributed by atoms with Gasteiger partial charge in [-0.3, -0.25) is 24.5 Å². The zero-order valence-corrected chi connectivity index (χ0v) is 10.4. The summed E-state index contributed by atoms with van der Waals surface area (Å²) in [7, 11) is 0. The molecule has 0 saturated heterocycles. The number of H-pyrrole nitrogens is 1. The molecule has 0 aliphatic heterocycles. The molecule has 1 heterocycles. The van der Waals surface area contributed by atoms with Crippen LogP contribution in [-0.2, 0) is 6.54 Å². The molecule has 1 aromatic carbocycles. The molecule has 106 valence electrons. The first-order valence-electron chi connectivity index (χ1n) is 5.59. The van der Waals surface area contributed by atoms with E-state index in [1.54, 1.807) is 6.07 Å². The molecule has 8 nitrogen and oxygen atoms in total. The second-order valence-electron chi connectivity index (χ2n) is 4.07. The van der Waals surface area contributed by atoms with Crippen molar-refractivity contribution in [2.24, 2.45) is 0 Å². The number of hydrogen-bond acceptors (Lipinski definition) is 5. The molecule has 0 aliphatic rings. The van der Waals surface area contributed by atoms with E-state index in [1.165, 1.54) is 6.07 Å². The van der Waals surface area contributed by atoms with Crippen LogP contribution in [0.15, 0.2) is 34.0 Å². The predicted molar refractivity (Wildman–Crippen MR) is 68.2 cm³/mol. The summed E-state index contributed by atoms with van der Waals surface area (Å²) in [6.07, 6.45) is 0.783. The SMILES string of the molecule is N#Cc1cc(F)ccc1Cn1cc([N+](=O)[O-])c(=O)[nH]c1=O. The standard InChI is InChI=1S/C12H7FN4O4/c13-9-2-1-7(8(3-9)4-14)5-16-6-10(17(20)21)11(18)15-12(16)19/h1-3,6H,5H2,(H,15,18,19). The maximum Gasteiger partial charge on any atom is 0.350 e. The van der Waals surface area contributed by atoms with Gasteiger partial charge in [0.2, 0.25) is 0 Å². The van der Waals surface area contributed by atoms with Crippen molar-refractivity contribution >= 4 is 5.69 Å². The molecule has 1 aromatic heterocycles. The maximum absolute atomic E-state index is 13.0. The van der Waals surface area contributed by atoms with E-state index in [4.69, 9.17) is 5.26 Å². The molecule has 9 heteroatoms. The van der Waals surface area contributed by atoms with Gasteiger partial charge < -0.3 is 0 Å². The fourth-order valence-electron chi connectivity index (χ4n) is 1.72. The number of halogens is 1. The summed E-state index contributed by atoms with van der Waals surface area (Å²) < 4.78 is 13.9. The third-order valence-electron chi connectivity index (χ3n) is 2.72. The van der Waals surface area contributed by atoms with Gasteiger partial charge >= 0.3 is 16.9 Å². The van der Waals surface area contributed by atoms with Crippen LogP contribution in [0.2, 0.25) is 0 Å². The van der Waals surface area contributed by atoms with E-state index < -0.39 is 27.7 Å². The summed E-state index contributed by atoms with van der Waals surface area (Å²) >= 11 is 0. The molecule has 0 bridgehead atoms. The predicted octanol–water partition coefficient (Wildman–Crippen LogP) is 0.504. The molecule has 0 saturated carbocycles. The second kappa shape index (κ2) is 5.38. The van der Waals surface area contributed by atoms with Crippen molar-refractivity contribution in [3.05, 3.63) is 72.3 Å². The van der Waals surface area contributed by atoms with Crippen molar-refractivity contribution < 1.29 is 9.31 Å². The summed E-state index contributed by atoms with van der Waals surface area (Å²) in [6.45, 7) is -0.209. The van der Waals surface area contributed by atoms with E-state index in [2.05, 4.69) is 0 Å². The number of aromatic amines is 1. The Bertz CT molecular complexity index is 878. The normalized spacial score (nSPS) is 10.1. The quantitative estimate of drug-likeness (QED) is 0.651. The second-order valence-corrected chi connectivity index (χ2v) is 4.07. The average molecular weight is 290 g/mol. The number of nitriles is 1. The van der Waals surface area contributed by atoms with Crippen molar-refractivity contribution in [3.8, 4) is 6.07 Å². The highest BCUT2D eigenvalue weighted by Crippen LogP contribution is 2.12. The van der Waals surface area contributed by atoms with Crippen molar-refractivity contribution in [3.63, 3.8) is 0 Å². The van der Waals surface area contributed by atoms with Crippen molar-refractivity contribution in [2.75, 3.05) is 0 Å². The van der Waals surface area contributed by atoms with Gasteiger partial charge in [-0.1, -0.05) is 6.07 Å². The number of nitrogens with zero attached hydrogens (tertiary/aromatic N) is 3. The van der Waals surface area contributed by atoms with Gasteiger partial charge in [-0.15, -0.1) is 0 Å². The summed E-state index contributed by atoms with van der Waals surface area (Å²) in [6, 6.07) is 5.14. The van der Waals surface area contributed by atoms with Crippen LogP contribution in [0.1, 0.15) is 11.1 Å². The monoisotopic (exact) mass is 290 g/mol. The van der Waals surface area contributed by atoms with Crippen LogP contribution in [0.3, 0.4) is 0 Å². The largest absolute Gasteiger partial charge is 0.350 e. The summed E-state index contributed by atoms with van der Waals surface area (Å²) in [4.78, 5) is 34.4. The van der Waals surface area contributed by atoms with Gasteiger partial charge in [-0.25, -0.2) is 9.18 Å². The number of benzene rings is 1. The molecule has 0 amide bonds. The lowest BCUT2D eigenvalue weighted by atomic mass is 10.1. The lowest BCUT2D eigenvalue weighted by Gasteiger charge is -2.06. The van der Waals surface area contributed by atoms with Crippen molar-refractivity contribution in [2.45, 2.75) is 6.54 Å². The van der Waals surface area contributed by atoms with Crippen LogP contribution in [0, 0.1) is 27.3 Å². The molecule has 1 N–H and O–H groups in total. The van der Waals surface area contributed by atoms with Gasteiger partial charge in [0.15, 0.2) is 0 Å². The van der Waals surface area contributed by atoms with Gasteiger partial charge in [-0.05, 0) is 17.7 Å². The highest BCUT2D eigenvalue weighted by atomic mass is 19.1. The Morgan fingerprint density at radius 2 is 2.14 bits per heavy atom. The number of aromatic nitrogens is 2. The Balaban J connectivity index is 2.53. The molecule has 21 heavy (non-hydrogen) atoms. The average Bonchev–Trinajstić information content (AvgIpc) is 2.42. The van der Waals surface area contributed by atoms with E-state index in [1.807, 2.05) is 4.98 Å². The van der Waals surface area contributed by atoms with Crippen LogP contribution < -0.4 is 11.2 Å². The zero-order valence-electron chi connectivity index (χ0n) is 10.4. The number of nitro groups is 1. The Kier molecular flexibility index (Phi) is 3.62. The Hall–Kier alpha value is -3.28. The summed E-state index contributed by atoms with van der Waals surface area (Å²) in [5.41, 5.74) is -2.48. The number of hydrogen-bond donors (Lipinski definition) is 1. The molecule has 0 aliphatic carbocycles. The first kappa shape index (κ1) is 14.1. The zero-order chi connectivity index (χ0) is 15.6. The maximum atomic E-state index is 13.0. The van der Waals surface area contributed by atoms with Crippen LogP contribution >= 0.6 is 0 Å². The van der Waals surface area contributed by atoms with Gasteiger partial charge in [0.1, 0.15) is 5.82 Å². The summed E-state index contributed by atoms with van der Waals surface area (Å²) in [5.74, 6) is -0.616. The Labute approximate surface area is 115 Å². The highest BCUT2D eigenvalue weighted by Gasteiger charge is 2.15. The molecule has 0 unspecified atom stereocenters. The lowest BCUT2D eigenvalue weighted by molar-refractivity contribution is -0.386. The molecular weight excluding hydrogens is 283 g/mol. The lowest BCUT2D eigenvalue weighted by Crippen LogP contribution is -2.31. The van der Waals surface area contributed by atoms with E-state index in [0.29, 0.717) is 5.56 Å². The van der Waals surface area contributed by atoms with Crippen LogP contribution in [0.25, 0.3) is 0 Å². The van der Waals surface area contributed by atoms with E-state index in [-0.39, 0.29) is 12.1 Å². The van der Waals surface area contributed by atoms with Gasteiger partial charge in [0.25, 0.3) is 0 Å². The molecule has 0 radical (unpaired) electrons. The third-order valence-corrected chi connectivity index (χ3v) is 2.72. The fourth-order valence-corrected chi connectivity index (χ4v) is 1.72. The summed E-state index contributed by atoms with van der Waals surface area (Å²) in [5, 5.41) is 19.6. The van der Waals surface area contributed by atoms with Gasteiger partial charge in [-0.2, -0.15) is 5.26 Å². The topological polar surface area (TPSA) is 122 Å².